The summed E-state index contributed by atoms with van der Waals surface area (Å²) < 4.78 is 0. The Morgan fingerprint density at radius 3 is 2.47 bits per heavy atom. The standard InChI is InChI=1S/C14H22N2S/c1-12(15)11-14(16-9-5-6-10-16)17-13-7-3-2-4-8-13/h2-4,7-8,12,14H,5-6,9-11,15H2,1H3. The van der Waals surface area contributed by atoms with Crippen molar-refractivity contribution in [1.82, 2.24) is 4.90 Å². The average Bonchev–Trinajstić information content (AvgIpc) is 2.82. The second kappa shape index (κ2) is 6.43. The second-order valence-electron chi connectivity index (χ2n) is 4.84. The van der Waals surface area contributed by atoms with E-state index in [1.165, 1.54) is 30.8 Å². The van der Waals surface area contributed by atoms with Crippen LogP contribution in [0.4, 0.5) is 0 Å². The van der Waals surface area contributed by atoms with E-state index in [1.54, 1.807) is 0 Å². The molecule has 0 aromatic heterocycles. The maximum Gasteiger partial charge on any atom is 0.0619 e. The number of nitrogens with zero attached hydrogens (tertiary/aromatic N) is 1. The lowest BCUT2D eigenvalue weighted by Gasteiger charge is -2.28. The Labute approximate surface area is 109 Å². The first-order valence-corrected chi connectivity index (χ1v) is 7.35. The smallest absolute Gasteiger partial charge is 0.0619 e. The van der Waals surface area contributed by atoms with Crippen molar-refractivity contribution in [3.63, 3.8) is 0 Å². The Balaban J connectivity index is 1.99. The summed E-state index contributed by atoms with van der Waals surface area (Å²) in [5.41, 5.74) is 5.97. The lowest BCUT2D eigenvalue weighted by molar-refractivity contribution is 0.296. The molecule has 1 heterocycles. The highest BCUT2D eigenvalue weighted by atomic mass is 32.2. The summed E-state index contributed by atoms with van der Waals surface area (Å²) in [5, 5.41) is 0.542. The van der Waals surface area contributed by atoms with E-state index in [0.717, 1.165) is 6.42 Å². The lowest BCUT2D eigenvalue weighted by Crippen LogP contribution is -2.34. The Hall–Kier alpha value is -0.510. The van der Waals surface area contributed by atoms with Crippen LogP contribution in [0, 0.1) is 0 Å². The van der Waals surface area contributed by atoms with Crippen molar-refractivity contribution in [1.29, 1.82) is 0 Å². The summed E-state index contributed by atoms with van der Waals surface area (Å²) in [5.74, 6) is 0. The van der Waals surface area contributed by atoms with E-state index >= 15 is 0 Å². The maximum atomic E-state index is 5.97. The predicted octanol–water partition coefficient (Wildman–Crippen LogP) is 2.94. The Kier molecular flexibility index (Phi) is 4.89. The van der Waals surface area contributed by atoms with Crippen LogP contribution >= 0.6 is 11.8 Å². The van der Waals surface area contributed by atoms with Crippen molar-refractivity contribution in [2.75, 3.05) is 13.1 Å². The zero-order valence-electron chi connectivity index (χ0n) is 10.5. The minimum atomic E-state index is 0.275. The van der Waals surface area contributed by atoms with Gasteiger partial charge in [0.2, 0.25) is 0 Å². The van der Waals surface area contributed by atoms with Crippen LogP contribution in [-0.4, -0.2) is 29.4 Å². The van der Waals surface area contributed by atoms with Crippen LogP contribution in [0.2, 0.25) is 0 Å². The molecule has 17 heavy (non-hydrogen) atoms. The number of benzene rings is 1. The molecule has 1 aliphatic rings. The second-order valence-corrected chi connectivity index (χ2v) is 6.09. The molecule has 2 rings (SSSR count). The van der Waals surface area contributed by atoms with E-state index < -0.39 is 0 Å². The van der Waals surface area contributed by atoms with E-state index in [1.807, 2.05) is 11.8 Å². The molecule has 94 valence electrons. The van der Waals surface area contributed by atoms with Gasteiger partial charge in [0.15, 0.2) is 0 Å². The van der Waals surface area contributed by atoms with Crippen molar-refractivity contribution >= 4 is 11.8 Å². The largest absolute Gasteiger partial charge is 0.328 e. The first-order valence-electron chi connectivity index (χ1n) is 6.47. The number of hydrogen-bond acceptors (Lipinski definition) is 3. The molecule has 2 nitrogen and oxygen atoms in total. The van der Waals surface area contributed by atoms with E-state index in [2.05, 4.69) is 42.2 Å². The molecule has 0 bridgehead atoms. The lowest BCUT2D eigenvalue weighted by atomic mass is 10.2. The number of rotatable bonds is 5. The molecule has 0 amide bonds. The first-order chi connectivity index (χ1) is 8.25. The number of nitrogens with two attached hydrogens (primary N) is 1. The van der Waals surface area contributed by atoms with Crippen LogP contribution in [0.5, 0.6) is 0 Å². The van der Waals surface area contributed by atoms with Gasteiger partial charge in [0.25, 0.3) is 0 Å². The molecule has 1 aromatic rings. The van der Waals surface area contributed by atoms with Crippen LogP contribution in [0.3, 0.4) is 0 Å². The highest BCUT2D eigenvalue weighted by molar-refractivity contribution is 7.99. The fourth-order valence-corrected chi connectivity index (χ4v) is 3.66. The zero-order chi connectivity index (χ0) is 12.1. The molecule has 2 atom stereocenters. The average molecular weight is 250 g/mol. The molecule has 1 aliphatic heterocycles. The molecular formula is C14H22N2S. The van der Waals surface area contributed by atoms with Gasteiger partial charge >= 0.3 is 0 Å². The summed E-state index contributed by atoms with van der Waals surface area (Å²) >= 11 is 1.96. The molecule has 0 aliphatic carbocycles. The van der Waals surface area contributed by atoms with Gasteiger partial charge in [0.05, 0.1) is 5.37 Å². The van der Waals surface area contributed by atoms with Gasteiger partial charge in [-0.15, -0.1) is 11.8 Å². The Morgan fingerprint density at radius 1 is 1.24 bits per heavy atom. The van der Waals surface area contributed by atoms with Crippen LogP contribution < -0.4 is 5.73 Å². The quantitative estimate of drug-likeness (QED) is 0.815. The summed E-state index contributed by atoms with van der Waals surface area (Å²) in [4.78, 5) is 3.94. The van der Waals surface area contributed by atoms with Crippen LogP contribution in [-0.2, 0) is 0 Å². The summed E-state index contributed by atoms with van der Waals surface area (Å²) in [7, 11) is 0. The van der Waals surface area contributed by atoms with Crippen molar-refractivity contribution in [2.45, 2.75) is 42.5 Å². The number of hydrogen-bond donors (Lipinski definition) is 1. The van der Waals surface area contributed by atoms with Gasteiger partial charge in [-0.2, -0.15) is 0 Å². The van der Waals surface area contributed by atoms with E-state index in [0.29, 0.717) is 5.37 Å². The molecule has 1 saturated heterocycles. The third-order valence-electron chi connectivity index (χ3n) is 3.14. The van der Waals surface area contributed by atoms with Gasteiger partial charge in [-0.1, -0.05) is 18.2 Å². The monoisotopic (exact) mass is 250 g/mol. The third kappa shape index (κ3) is 4.02. The van der Waals surface area contributed by atoms with E-state index in [-0.39, 0.29) is 6.04 Å². The van der Waals surface area contributed by atoms with Crippen molar-refractivity contribution < 1.29 is 0 Å². The molecule has 0 saturated carbocycles. The Morgan fingerprint density at radius 2 is 1.88 bits per heavy atom. The molecule has 0 radical (unpaired) electrons. The van der Waals surface area contributed by atoms with Gasteiger partial charge in [-0.3, -0.25) is 4.90 Å². The van der Waals surface area contributed by atoms with Crippen LogP contribution in [0.25, 0.3) is 0 Å². The molecule has 1 fully saturated rings. The topological polar surface area (TPSA) is 29.3 Å². The van der Waals surface area contributed by atoms with Gasteiger partial charge in [-0.25, -0.2) is 0 Å². The highest BCUT2D eigenvalue weighted by Gasteiger charge is 2.23. The van der Waals surface area contributed by atoms with Crippen molar-refractivity contribution in [2.24, 2.45) is 5.73 Å². The van der Waals surface area contributed by atoms with Crippen LogP contribution in [0.1, 0.15) is 26.2 Å². The Bertz CT molecular complexity index is 320. The van der Waals surface area contributed by atoms with Gasteiger partial charge < -0.3 is 5.73 Å². The minimum Gasteiger partial charge on any atom is -0.328 e. The predicted molar refractivity (Wildman–Crippen MR) is 75.2 cm³/mol. The number of likely N-dealkylation sites (tertiary alicyclic amines) is 1. The van der Waals surface area contributed by atoms with Crippen molar-refractivity contribution in [3.05, 3.63) is 30.3 Å². The highest BCUT2D eigenvalue weighted by Crippen LogP contribution is 2.30. The minimum absolute atomic E-state index is 0.275. The van der Waals surface area contributed by atoms with E-state index in [4.69, 9.17) is 5.73 Å². The normalized spacial score (nSPS) is 20.4. The number of thioether (sulfide) groups is 1. The van der Waals surface area contributed by atoms with Gasteiger partial charge in [0, 0.05) is 10.9 Å². The zero-order valence-corrected chi connectivity index (χ0v) is 11.3. The van der Waals surface area contributed by atoms with Gasteiger partial charge in [0.1, 0.15) is 0 Å². The summed E-state index contributed by atoms with van der Waals surface area (Å²) in [6, 6.07) is 10.9. The fraction of sp³-hybridized carbons (Fsp3) is 0.571. The van der Waals surface area contributed by atoms with Crippen LogP contribution in [0.15, 0.2) is 35.2 Å². The van der Waals surface area contributed by atoms with Gasteiger partial charge in [-0.05, 0) is 51.4 Å². The molecule has 2 unspecified atom stereocenters. The molecule has 2 N–H and O–H groups in total. The fourth-order valence-electron chi connectivity index (χ4n) is 2.28. The molecular weight excluding hydrogens is 228 g/mol. The van der Waals surface area contributed by atoms with E-state index in [9.17, 15) is 0 Å². The third-order valence-corrected chi connectivity index (χ3v) is 4.44. The SMILES string of the molecule is CC(N)CC(Sc1ccccc1)N1CCCC1. The maximum absolute atomic E-state index is 5.97. The molecule has 3 heteroatoms. The summed E-state index contributed by atoms with van der Waals surface area (Å²) in [6.07, 6.45) is 3.75. The van der Waals surface area contributed by atoms with Crippen molar-refractivity contribution in [3.8, 4) is 0 Å². The summed E-state index contributed by atoms with van der Waals surface area (Å²) in [6.45, 7) is 4.57. The molecule has 0 spiro atoms. The molecule has 1 aromatic carbocycles. The first kappa shape index (κ1) is 12.9.